The average Bonchev–Trinajstić information content (AvgIpc) is 2.49. The molecule has 0 aromatic carbocycles. The summed E-state index contributed by atoms with van der Waals surface area (Å²) in [6, 6.07) is 0. The summed E-state index contributed by atoms with van der Waals surface area (Å²) in [4.78, 5) is 18.9. The molecule has 0 atom stereocenters. The third kappa shape index (κ3) is 0.887. The molecule has 0 fully saturated rings. The van der Waals surface area contributed by atoms with Gasteiger partial charge >= 0.3 is 0 Å². The van der Waals surface area contributed by atoms with Crippen LogP contribution < -0.4 is 5.73 Å². The minimum absolute atomic E-state index is 0.393. The van der Waals surface area contributed by atoms with Crippen LogP contribution in [-0.4, -0.2) is 18.0 Å². The van der Waals surface area contributed by atoms with Crippen LogP contribution in [0.15, 0.2) is 33.4 Å². The maximum absolute atomic E-state index is 10.9. The highest BCUT2D eigenvalue weighted by molar-refractivity contribution is 6.15. The van der Waals surface area contributed by atoms with Gasteiger partial charge in [-0.2, -0.15) is 0 Å². The Morgan fingerprint density at radius 2 is 2.42 bits per heavy atom. The van der Waals surface area contributed by atoms with Crippen LogP contribution in [0, 0.1) is 0 Å². The third-order valence-electron chi connectivity index (χ3n) is 1.81. The number of dihydropyridines is 1. The Labute approximate surface area is 69.2 Å². The Bertz CT molecular complexity index is 360. The first kappa shape index (κ1) is 6.97. The standard InChI is InChI=1S/C8H7N3O/c9-7(12)5-1-3-10-8-6(5)2-4-11-8/h2-4H,1H2,(H2,9,12). The molecule has 0 aromatic heterocycles. The Morgan fingerprint density at radius 1 is 1.58 bits per heavy atom. The molecular formula is C8H7N3O. The molecule has 0 spiro atoms. The molecule has 4 heteroatoms. The maximum atomic E-state index is 10.9. The van der Waals surface area contributed by atoms with E-state index in [4.69, 9.17) is 5.73 Å². The van der Waals surface area contributed by atoms with Gasteiger partial charge in [-0.15, -0.1) is 0 Å². The van der Waals surface area contributed by atoms with E-state index in [0.717, 1.165) is 5.57 Å². The van der Waals surface area contributed by atoms with Crippen molar-refractivity contribution in [3.05, 3.63) is 23.4 Å². The van der Waals surface area contributed by atoms with Gasteiger partial charge in [-0.3, -0.25) is 4.79 Å². The molecule has 0 aliphatic carbocycles. The molecule has 0 unspecified atom stereocenters. The topological polar surface area (TPSA) is 67.8 Å². The average molecular weight is 161 g/mol. The van der Waals surface area contributed by atoms with Gasteiger partial charge in [0.15, 0.2) is 5.84 Å². The number of hydrogen-bond donors (Lipinski definition) is 1. The van der Waals surface area contributed by atoms with Gasteiger partial charge in [0.25, 0.3) is 0 Å². The highest BCUT2D eigenvalue weighted by Gasteiger charge is 2.19. The highest BCUT2D eigenvalue weighted by atomic mass is 16.1. The number of nitrogens with zero attached hydrogens (tertiary/aromatic N) is 2. The van der Waals surface area contributed by atoms with Crippen LogP contribution in [0.25, 0.3) is 0 Å². The van der Waals surface area contributed by atoms with Crippen molar-refractivity contribution in [3.8, 4) is 0 Å². The normalized spacial score (nSPS) is 19.5. The molecule has 0 bridgehead atoms. The van der Waals surface area contributed by atoms with Crippen LogP contribution in [0.5, 0.6) is 0 Å². The molecule has 12 heavy (non-hydrogen) atoms. The van der Waals surface area contributed by atoms with Crippen molar-refractivity contribution in [1.29, 1.82) is 0 Å². The van der Waals surface area contributed by atoms with Gasteiger partial charge in [0, 0.05) is 30.0 Å². The number of amides is 1. The van der Waals surface area contributed by atoms with Gasteiger partial charge < -0.3 is 5.73 Å². The smallest absolute Gasteiger partial charge is 0.245 e. The van der Waals surface area contributed by atoms with E-state index in [1.807, 2.05) is 0 Å². The SMILES string of the molecule is NC(=O)C1=C2C=CN=C2N=CC1. The number of amidine groups is 1. The monoisotopic (exact) mass is 161 g/mol. The van der Waals surface area contributed by atoms with Crippen molar-refractivity contribution >= 4 is 18.0 Å². The molecule has 2 aliphatic rings. The summed E-state index contributed by atoms with van der Waals surface area (Å²) in [6.07, 6.45) is 5.53. The van der Waals surface area contributed by atoms with E-state index in [9.17, 15) is 4.79 Å². The van der Waals surface area contributed by atoms with E-state index in [0.29, 0.717) is 17.8 Å². The predicted octanol–water partition coefficient (Wildman–Crippen LogP) is 0.169. The van der Waals surface area contributed by atoms with Gasteiger partial charge in [-0.1, -0.05) is 0 Å². The Morgan fingerprint density at radius 3 is 3.17 bits per heavy atom. The van der Waals surface area contributed by atoms with Crippen LogP contribution in [0.2, 0.25) is 0 Å². The highest BCUT2D eigenvalue weighted by Crippen LogP contribution is 2.20. The van der Waals surface area contributed by atoms with Crippen LogP contribution in [0.4, 0.5) is 0 Å². The minimum atomic E-state index is -0.393. The van der Waals surface area contributed by atoms with Crippen molar-refractivity contribution in [1.82, 2.24) is 0 Å². The summed E-state index contributed by atoms with van der Waals surface area (Å²) >= 11 is 0. The van der Waals surface area contributed by atoms with Crippen molar-refractivity contribution in [2.24, 2.45) is 15.7 Å². The fourth-order valence-corrected chi connectivity index (χ4v) is 1.23. The molecule has 0 saturated heterocycles. The summed E-state index contributed by atoms with van der Waals surface area (Å²) in [6.45, 7) is 0. The van der Waals surface area contributed by atoms with Gasteiger partial charge in [-0.25, -0.2) is 9.98 Å². The van der Waals surface area contributed by atoms with Crippen molar-refractivity contribution in [3.63, 3.8) is 0 Å². The lowest BCUT2D eigenvalue weighted by atomic mass is 10.0. The molecule has 2 heterocycles. The number of aliphatic imine (C=N–C) groups is 2. The largest absolute Gasteiger partial charge is 0.366 e. The maximum Gasteiger partial charge on any atom is 0.245 e. The summed E-state index contributed by atoms with van der Waals surface area (Å²) in [5.41, 5.74) is 6.54. The van der Waals surface area contributed by atoms with Crippen molar-refractivity contribution in [2.45, 2.75) is 6.42 Å². The van der Waals surface area contributed by atoms with Gasteiger partial charge in [-0.05, 0) is 6.08 Å². The lowest BCUT2D eigenvalue weighted by molar-refractivity contribution is -0.114. The lowest BCUT2D eigenvalue weighted by Crippen LogP contribution is -2.20. The number of carbonyl (C=O) groups is 1. The van der Waals surface area contributed by atoms with E-state index in [2.05, 4.69) is 9.98 Å². The second kappa shape index (κ2) is 2.41. The predicted molar refractivity (Wildman–Crippen MR) is 45.9 cm³/mol. The summed E-state index contributed by atoms with van der Waals surface area (Å²) in [5, 5.41) is 0. The molecule has 2 aliphatic heterocycles. The second-order valence-corrected chi connectivity index (χ2v) is 2.54. The summed E-state index contributed by atoms with van der Waals surface area (Å²) in [5.74, 6) is 0.199. The number of nitrogens with two attached hydrogens (primary N) is 1. The molecule has 2 N–H and O–H groups in total. The molecule has 2 rings (SSSR count). The molecule has 4 nitrogen and oxygen atoms in total. The Balaban J connectivity index is 2.51. The molecule has 0 aromatic rings. The fourth-order valence-electron chi connectivity index (χ4n) is 1.23. The van der Waals surface area contributed by atoms with Crippen molar-refractivity contribution < 1.29 is 4.79 Å². The second-order valence-electron chi connectivity index (χ2n) is 2.54. The lowest BCUT2D eigenvalue weighted by Gasteiger charge is -2.08. The van der Waals surface area contributed by atoms with Crippen molar-refractivity contribution in [2.75, 3.05) is 0 Å². The van der Waals surface area contributed by atoms with Gasteiger partial charge in [0.1, 0.15) is 0 Å². The van der Waals surface area contributed by atoms with E-state index in [1.54, 1.807) is 18.5 Å². The minimum Gasteiger partial charge on any atom is -0.366 e. The molecule has 1 amide bonds. The first-order valence-electron chi connectivity index (χ1n) is 3.59. The summed E-state index contributed by atoms with van der Waals surface area (Å²) in [7, 11) is 0. The number of carbonyl (C=O) groups excluding carboxylic acids is 1. The number of primary amides is 1. The summed E-state index contributed by atoms with van der Waals surface area (Å²) < 4.78 is 0. The van der Waals surface area contributed by atoms with Gasteiger partial charge in [0.2, 0.25) is 5.91 Å². The number of hydrogen-bond acceptors (Lipinski definition) is 3. The quantitative estimate of drug-likeness (QED) is 0.585. The number of rotatable bonds is 1. The Kier molecular flexibility index (Phi) is 1.40. The zero-order valence-electron chi connectivity index (χ0n) is 6.32. The van der Waals surface area contributed by atoms with Crippen LogP contribution in [-0.2, 0) is 4.79 Å². The molecule has 60 valence electrons. The number of fused-ring (bicyclic) bond motifs is 1. The van der Waals surface area contributed by atoms with Crippen LogP contribution >= 0.6 is 0 Å². The molecule has 0 saturated carbocycles. The van der Waals surface area contributed by atoms with Gasteiger partial charge in [0.05, 0.1) is 0 Å². The van der Waals surface area contributed by atoms with Crippen LogP contribution in [0.1, 0.15) is 6.42 Å². The van der Waals surface area contributed by atoms with Crippen LogP contribution in [0.3, 0.4) is 0 Å². The zero-order valence-corrected chi connectivity index (χ0v) is 6.32. The Hall–Kier alpha value is -1.71. The molecule has 0 radical (unpaired) electrons. The zero-order chi connectivity index (χ0) is 8.55. The first-order valence-corrected chi connectivity index (χ1v) is 3.59. The third-order valence-corrected chi connectivity index (χ3v) is 1.81. The van der Waals surface area contributed by atoms with E-state index in [-0.39, 0.29) is 0 Å². The van der Waals surface area contributed by atoms with E-state index >= 15 is 0 Å². The van der Waals surface area contributed by atoms with E-state index in [1.165, 1.54) is 0 Å². The molecular weight excluding hydrogens is 154 g/mol. The fraction of sp³-hybridized carbons (Fsp3) is 0.125. The first-order chi connectivity index (χ1) is 5.79. The van der Waals surface area contributed by atoms with E-state index < -0.39 is 5.91 Å².